The molecule has 1 aromatic heterocycles. The predicted octanol–water partition coefficient (Wildman–Crippen LogP) is 0.178. The van der Waals surface area contributed by atoms with Crippen molar-refractivity contribution in [1.82, 2.24) is 20.4 Å². The largest absolute Gasteiger partial charge is 0.354 e. The molecule has 1 fully saturated rings. The number of nitrogens with zero attached hydrogens (tertiary/aromatic N) is 2. The molecule has 0 saturated carbocycles. The number of aromatic nitrogens is 2. The van der Waals surface area contributed by atoms with E-state index in [4.69, 9.17) is 5.73 Å². The van der Waals surface area contributed by atoms with E-state index in [0.29, 0.717) is 31.7 Å². The lowest BCUT2D eigenvalue weighted by molar-refractivity contribution is -0.121. The van der Waals surface area contributed by atoms with Gasteiger partial charge in [-0.25, -0.2) is 0 Å². The Hall–Kier alpha value is -1.89. The highest BCUT2D eigenvalue weighted by Crippen LogP contribution is 2.19. The van der Waals surface area contributed by atoms with E-state index in [1.807, 2.05) is 11.8 Å². The number of H-pyrrole nitrogens is 1. The summed E-state index contributed by atoms with van der Waals surface area (Å²) in [5.41, 5.74) is 6.66. The topological polar surface area (TPSA) is 104 Å². The van der Waals surface area contributed by atoms with E-state index in [1.54, 1.807) is 6.07 Å². The fraction of sp³-hybridized carbons (Fsp3) is 0.643. The van der Waals surface area contributed by atoms with E-state index in [1.165, 1.54) is 0 Å². The molecule has 1 aliphatic heterocycles. The van der Waals surface area contributed by atoms with Gasteiger partial charge in [0.1, 0.15) is 5.69 Å². The van der Waals surface area contributed by atoms with Gasteiger partial charge in [0.15, 0.2) is 0 Å². The zero-order chi connectivity index (χ0) is 15.2. The van der Waals surface area contributed by atoms with E-state index in [-0.39, 0.29) is 17.9 Å². The van der Waals surface area contributed by atoms with Crippen LogP contribution in [0.4, 0.5) is 0 Å². The lowest BCUT2D eigenvalue weighted by Crippen LogP contribution is -2.49. The molecule has 0 aromatic carbocycles. The van der Waals surface area contributed by atoms with Crippen molar-refractivity contribution in [2.45, 2.75) is 38.6 Å². The molecule has 2 heterocycles. The summed E-state index contributed by atoms with van der Waals surface area (Å²) in [7, 11) is 0. The van der Waals surface area contributed by atoms with Crippen LogP contribution < -0.4 is 11.1 Å². The Kier molecular flexibility index (Phi) is 5.32. The molecule has 4 N–H and O–H groups in total. The van der Waals surface area contributed by atoms with Crippen molar-refractivity contribution in [2.24, 2.45) is 5.73 Å². The Bertz CT molecular complexity index is 499. The zero-order valence-electron chi connectivity index (χ0n) is 12.4. The van der Waals surface area contributed by atoms with Crippen molar-refractivity contribution >= 4 is 11.8 Å². The second-order valence-electron chi connectivity index (χ2n) is 5.43. The summed E-state index contributed by atoms with van der Waals surface area (Å²) in [4.78, 5) is 25.8. The van der Waals surface area contributed by atoms with Gasteiger partial charge in [0, 0.05) is 37.8 Å². The van der Waals surface area contributed by atoms with Gasteiger partial charge in [-0.1, -0.05) is 0 Å². The summed E-state index contributed by atoms with van der Waals surface area (Å²) in [6.07, 6.45) is 3.28. The number of hydrogen-bond donors (Lipinski definition) is 3. The third kappa shape index (κ3) is 4.04. The van der Waals surface area contributed by atoms with Gasteiger partial charge in [-0.3, -0.25) is 14.7 Å². The molecule has 2 rings (SSSR count). The van der Waals surface area contributed by atoms with Crippen LogP contribution in [0.3, 0.4) is 0 Å². The smallest absolute Gasteiger partial charge is 0.274 e. The van der Waals surface area contributed by atoms with Crippen molar-refractivity contribution in [2.75, 3.05) is 19.6 Å². The zero-order valence-corrected chi connectivity index (χ0v) is 12.4. The van der Waals surface area contributed by atoms with E-state index < -0.39 is 0 Å². The maximum absolute atomic E-state index is 12.5. The molecule has 1 saturated heterocycles. The summed E-state index contributed by atoms with van der Waals surface area (Å²) < 4.78 is 0. The third-order valence-electron chi connectivity index (χ3n) is 3.72. The summed E-state index contributed by atoms with van der Waals surface area (Å²) in [5, 5.41) is 9.67. The number of nitrogens with one attached hydrogen (secondary N) is 2. The highest BCUT2D eigenvalue weighted by molar-refractivity contribution is 5.92. The van der Waals surface area contributed by atoms with Gasteiger partial charge in [0.25, 0.3) is 5.91 Å². The molecule has 0 bridgehead atoms. The van der Waals surface area contributed by atoms with Gasteiger partial charge in [-0.05, 0) is 32.3 Å². The first-order valence-corrected chi connectivity index (χ1v) is 7.41. The average Bonchev–Trinajstić information content (AvgIpc) is 2.91. The third-order valence-corrected chi connectivity index (χ3v) is 3.72. The minimum Gasteiger partial charge on any atom is -0.354 e. The lowest BCUT2D eigenvalue weighted by atomic mass is 10.0. The Labute approximate surface area is 124 Å². The number of rotatable bonds is 5. The number of carbonyl (C=O) groups excluding carboxylic acids is 2. The molecule has 1 unspecified atom stereocenters. The maximum Gasteiger partial charge on any atom is 0.274 e. The number of aryl methyl sites for hydroxylation is 1. The number of aromatic amines is 1. The number of amides is 2. The Morgan fingerprint density at radius 1 is 1.52 bits per heavy atom. The summed E-state index contributed by atoms with van der Waals surface area (Å²) in [6, 6.07) is 1.78. The quantitative estimate of drug-likeness (QED) is 0.720. The SMILES string of the molecule is Cc1cc(C(=O)N2CCCCC2CNC(=O)CCN)n[nH]1. The first kappa shape index (κ1) is 15.5. The second-order valence-corrected chi connectivity index (χ2v) is 5.43. The summed E-state index contributed by atoms with van der Waals surface area (Å²) >= 11 is 0. The monoisotopic (exact) mass is 293 g/mol. The van der Waals surface area contributed by atoms with Gasteiger partial charge in [0.2, 0.25) is 5.91 Å². The van der Waals surface area contributed by atoms with Crippen molar-refractivity contribution in [3.8, 4) is 0 Å². The number of piperidine rings is 1. The highest BCUT2D eigenvalue weighted by atomic mass is 16.2. The predicted molar refractivity (Wildman–Crippen MR) is 78.7 cm³/mol. The molecule has 21 heavy (non-hydrogen) atoms. The molecule has 7 heteroatoms. The first-order chi connectivity index (χ1) is 10.1. The normalized spacial score (nSPS) is 18.6. The molecule has 0 aliphatic carbocycles. The Morgan fingerprint density at radius 3 is 3.00 bits per heavy atom. The fourth-order valence-corrected chi connectivity index (χ4v) is 2.61. The summed E-state index contributed by atoms with van der Waals surface area (Å²) in [6.45, 7) is 3.40. The molecule has 7 nitrogen and oxygen atoms in total. The number of likely N-dealkylation sites (tertiary alicyclic amines) is 1. The van der Waals surface area contributed by atoms with Crippen LogP contribution >= 0.6 is 0 Å². The van der Waals surface area contributed by atoms with E-state index in [2.05, 4.69) is 15.5 Å². The minimum atomic E-state index is -0.0721. The van der Waals surface area contributed by atoms with Crippen LogP contribution in [-0.4, -0.2) is 52.6 Å². The molecule has 1 aromatic rings. The van der Waals surface area contributed by atoms with Gasteiger partial charge in [0.05, 0.1) is 0 Å². The van der Waals surface area contributed by atoms with Crippen LogP contribution in [0.2, 0.25) is 0 Å². The second kappa shape index (κ2) is 7.21. The van der Waals surface area contributed by atoms with Crippen LogP contribution in [0.5, 0.6) is 0 Å². The standard InChI is InChI=1S/C14H23N5O2/c1-10-8-12(18-17-10)14(21)19-7-3-2-4-11(19)9-16-13(20)5-6-15/h8,11H,2-7,9,15H2,1H3,(H,16,20)(H,17,18). The van der Waals surface area contributed by atoms with Crippen molar-refractivity contribution in [3.05, 3.63) is 17.5 Å². The molecular weight excluding hydrogens is 270 g/mol. The Balaban J connectivity index is 1.98. The molecule has 116 valence electrons. The molecule has 0 spiro atoms. The van der Waals surface area contributed by atoms with Gasteiger partial charge in [-0.15, -0.1) is 0 Å². The van der Waals surface area contributed by atoms with E-state index in [0.717, 1.165) is 25.0 Å². The first-order valence-electron chi connectivity index (χ1n) is 7.41. The van der Waals surface area contributed by atoms with Crippen LogP contribution in [0.1, 0.15) is 41.9 Å². The molecular formula is C14H23N5O2. The van der Waals surface area contributed by atoms with Crippen LogP contribution in [0, 0.1) is 6.92 Å². The molecule has 2 amide bonds. The number of nitrogens with two attached hydrogens (primary N) is 1. The van der Waals surface area contributed by atoms with Gasteiger partial charge >= 0.3 is 0 Å². The van der Waals surface area contributed by atoms with E-state index >= 15 is 0 Å². The number of hydrogen-bond acceptors (Lipinski definition) is 4. The Morgan fingerprint density at radius 2 is 2.33 bits per heavy atom. The molecule has 1 aliphatic rings. The highest BCUT2D eigenvalue weighted by Gasteiger charge is 2.28. The van der Waals surface area contributed by atoms with Crippen molar-refractivity contribution < 1.29 is 9.59 Å². The fourth-order valence-electron chi connectivity index (χ4n) is 2.61. The van der Waals surface area contributed by atoms with Gasteiger partial charge < -0.3 is 16.0 Å². The van der Waals surface area contributed by atoms with Gasteiger partial charge in [-0.2, -0.15) is 5.10 Å². The maximum atomic E-state index is 12.5. The van der Waals surface area contributed by atoms with Crippen LogP contribution in [0.15, 0.2) is 6.07 Å². The summed E-state index contributed by atoms with van der Waals surface area (Å²) in [5.74, 6) is -0.136. The van der Waals surface area contributed by atoms with Crippen molar-refractivity contribution in [3.63, 3.8) is 0 Å². The molecule has 1 atom stereocenters. The molecule has 0 radical (unpaired) electrons. The average molecular weight is 293 g/mol. The lowest BCUT2D eigenvalue weighted by Gasteiger charge is -2.35. The van der Waals surface area contributed by atoms with Crippen LogP contribution in [0.25, 0.3) is 0 Å². The number of carbonyl (C=O) groups is 2. The van der Waals surface area contributed by atoms with Crippen molar-refractivity contribution in [1.29, 1.82) is 0 Å². The van der Waals surface area contributed by atoms with E-state index in [9.17, 15) is 9.59 Å². The minimum absolute atomic E-state index is 0.0324. The van der Waals surface area contributed by atoms with Crippen LogP contribution in [-0.2, 0) is 4.79 Å².